The fourth-order valence-corrected chi connectivity index (χ4v) is 2.41. The summed E-state index contributed by atoms with van der Waals surface area (Å²) in [7, 11) is 0. The molecule has 2 aromatic rings. The third-order valence-corrected chi connectivity index (χ3v) is 3.70. The molecular formula is C16H19F2N5O. The quantitative estimate of drug-likeness (QED) is 0.844. The van der Waals surface area contributed by atoms with Gasteiger partial charge in [-0.15, -0.1) is 0 Å². The maximum atomic E-state index is 13.2. The van der Waals surface area contributed by atoms with Gasteiger partial charge in [0.1, 0.15) is 18.0 Å². The molecule has 0 aliphatic carbocycles. The Labute approximate surface area is 138 Å². The smallest absolute Gasteiger partial charge is 0.160 e. The van der Waals surface area contributed by atoms with E-state index in [1.165, 1.54) is 12.4 Å². The Bertz CT molecular complexity index is 679. The largest absolute Gasteiger partial charge is 0.379 e. The SMILES string of the molecule is Fc1ccc(Nc2cc(NCCN3CCOCC3)ncn2)cc1F. The predicted molar refractivity (Wildman–Crippen MR) is 87.4 cm³/mol. The minimum atomic E-state index is -0.905. The van der Waals surface area contributed by atoms with Gasteiger partial charge >= 0.3 is 0 Å². The van der Waals surface area contributed by atoms with E-state index in [4.69, 9.17) is 4.74 Å². The van der Waals surface area contributed by atoms with Crippen molar-refractivity contribution >= 4 is 17.3 Å². The average molecular weight is 335 g/mol. The van der Waals surface area contributed by atoms with Crippen molar-refractivity contribution in [3.05, 3.63) is 42.2 Å². The van der Waals surface area contributed by atoms with E-state index in [2.05, 4.69) is 25.5 Å². The molecule has 1 fully saturated rings. The van der Waals surface area contributed by atoms with Gasteiger partial charge in [-0.3, -0.25) is 4.90 Å². The molecule has 24 heavy (non-hydrogen) atoms. The number of rotatable bonds is 6. The van der Waals surface area contributed by atoms with Crippen molar-refractivity contribution in [3.63, 3.8) is 0 Å². The van der Waals surface area contributed by atoms with E-state index in [0.717, 1.165) is 51.5 Å². The van der Waals surface area contributed by atoms with Crippen molar-refractivity contribution in [3.8, 4) is 0 Å². The van der Waals surface area contributed by atoms with Crippen molar-refractivity contribution in [2.45, 2.75) is 0 Å². The number of hydrogen-bond acceptors (Lipinski definition) is 6. The Balaban J connectivity index is 1.54. The number of benzene rings is 1. The lowest BCUT2D eigenvalue weighted by atomic mass is 10.3. The Morgan fingerprint density at radius 2 is 1.83 bits per heavy atom. The number of halogens is 2. The third-order valence-electron chi connectivity index (χ3n) is 3.70. The van der Waals surface area contributed by atoms with Gasteiger partial charge in [0.25, 0.3) is 0 Å². The summed E-state index contributed by atoms with van der Waals surface area (Å²) in [6, 6.07) is 5.33. The highest BCUT2D eigenvalue weighted by Gasteiger charge is 2.09. The van der Waals surface area contributed by atoms with Gasteiger partial charge in [0.2, 0.25) is 0 Å². The topological polar surface area (TPSA) is 62.3 Å². The Morgan fingerprint density at radius 3 is 2.62 bits per heavy atom. The van der Waals surface area contributed by atoms with Crippen LogP contribution < -0.4 is 10.6 Å². The lowest BCUT2D eigenvalue weighted by Crippen LogP contribution is -2.39. The van der Waals surface area contributed by atoms with Crippen LogP contribution in [0.1, 0.15) is 0 Å². The predicted octanol–water partition coefficient (Wildman–Crippen LogP) is 2.24. The number of nitrogens with zero attached hydrogens (tertiary/aromatic N) is 3. The molecule has 0 saturated carbocycles. The van der Waals surface area contributed by atoms with Gasteiger partial charge in [-0.2, -0.15) is 0 Å². The Morgan fingerprint density at radius 1 is 1.04 bits per heavy atom. The van der Waals surface area contributed by atoms with Gasteiger partial charge < -0.3 is 15.4 Å². The fourth-order valence-electron chi connectivity index (χ4n) is 2.41. The number of hydrogen-bond donors (Lipinski definition) is 2. The van der Waals surface area contributed by atoms with E-state index in [0.29, 0.717) is 17.3 Å². The summed E-state index contributed by atoms with van der Waals surface area (Å²) in [6.07, 6.45) is 1.42. The first-order valence-corrected chi connectivity index (χ1v) is 7.79. The van der Waals surface area contributed by atoms with E-state index in [1.807, 2.05) is 0 Å². The molecule has 8 heteroatoms. The molecule has 3 rings (SSSR count). The Hall–Kier alpha value is -2.32. The van der Waals surface area contributed by atoms with Crippen LogP contribution in [0.5, 0.6) is 0 Å². The van der Waals surface area contributed by atoms with Crippen LogP contribution in [-0.4, -0.2) is 54.3 Å². The van der Waals surface area contributed by atoms with Crippen molar-refractivity contribution in [2.24, 2.45) is 0 Å². The number of nitrogens with one attached hydrogen (secondary N) is 2. The second-order valence-electron chi connectivity index (χ2n) is 5.42. The standard InChI is InChI=1S/C16H19F2N5O/c17-13-2-1-12(9-14(13)18)22-16-10-15(20-11-21-16)19-3-4-23-5-7-24-8-6-23/h1-2,9-11H,3-8H2,(H2,19,20,21,22). The summed E-state index contributed by atoms with van der Waals surface area (Å²) >= 11 is 0. The summed E-state index contributed by atoms with van der Waals surface area (Å²) in [5.41, 5.74) is 0.423. The summed E-state index contributed by atoms with van der Waals surface area (Å²) in [5.74, 6) is -0.611. The second-order valence-corrected chi connectivity index (χ2v) is 5.42. The van der Waals surface area contributed by atoms with Crippen LogP contribution in [0.4, 0.5) is 26.1 Å². The number of ether oxygens (including phenoxy) is 1. The van der Waals surface area contributed by atoms with E-state index in [1.54, 1.807) is 6.07 Å². The van der Waals surface area contributed by atoms with Crippen molar-refractivity contribution in [2.75, 3.05) is 50.0 Å². The Kier molecular flexibility index (Phi) is 5.50. The molecule has 0 spiro atoms. The molecule has 1 saturated heterocycles. The van der Waals surface area contributed by atoms with Crippen LogP contribution in [-0.2, 0) is 4.74 Å². The lowest BCUT2D eigenvalue weighted by Gasteiger charge is -2.26. The van der Waals surface area contributed by atoms with Crippen molar-refractivity contribution < 1.29 is 13.5 Å². The van der Waals surface area contributed by atoms with Crippen LogP contribution in [0, 0.1) is 11.6 Å². The molecule has 6 nitrogen and oxygen atoms in total. The van der Waals surface area contributed by atoms with Crippen LogP contribution >= 0.6 is 0 Å². The van der Waals surface area contributed by atoms with Crippen LogP contribution in [0.3, 0.4) is 0 Å². The molecule has 0 radical (unpaired) electrons. The highest BCUT2D eigenvalue weighted by atomic mass is 19.2. The van der Waals surface area contributed by atoms with Crippen molar-refractivity contribution in [1.29, 1.82) is 0 Å². The minimum Gasteiger partial charge on any atom is -0.379 e. The van der Waals surface area contributed by atoms with E-state index in [9.17, 15) is 8.78 Å². The second kappa shape index (κ2) is 7.98. The first-order valence-electron chi connectivity index (χ1n) is 7.79. The van der Waals surface area contributed by atoms with Crippen molar-refractivity contribution in [1.82, 2.24) is 14.9 Å². The summed E-state index contributed by atoms with van der Waals surface area (Å²) in [4.78, 5) is 10.6. The molecule has 0 atom stereocenters. The van der Waals surface area contributed by atoms with E-state index >= 15 is 0 Å². The average Bonchev–Trinajstić information content (AvgIpc) is 2.60. The lowest BCUT2D eigenvalue weighted by molar-refractivity contribution is 0.0398. The third kappa shape index (κ3) is 4.59. The number of morpholine rings is 1. The van der Waals surface area contributed by atoms with Gasteiger partial charge in [0.15, 0.2) is 11.6 Å². The van der Waals surface area contributed by atoms with Gasteiger partial charge in [-0.25, -0.2) is 18.7 Å². The summed E-state index contributed by atoms with van der Waals surface area (Å²) in [6.45, 7) is 5.08. The maximum absolute atomic E-state index is 13.2. The highest BCUT2D eigenvalue weighted by Crippen LogP contribution is 2.18. The van der Waals surface area contributed by atoms with Gasteiger partial charge in [0, 0.05) is 44.0 Å². The zero-order chi connectivity index (χ0) is 16.8. The molecule has 2 N–H and O–H groups in total. The first kappa shape index (κ1) is 16.5. The summed E-state index contributed by atoms with van der Waals surface area (Å²) in [5, 5.41) is 6.16. The number of anilines is 3. The molecule has 0 unspecified atom stereocenters. The van der Waals surface area contributed by atoms with E-state index in [-0.39, 0.29) is 0 Å². The van der Waals surface area contributed by atoms with Crippen LogP contribution in [0.15, 0.2) is 30.6 Å². The number of aromatic nitrogens is 2. The molecule has 0 bridgehead atoms. The molecule has 2 heterocycles. The minimum absolute atomic E-state index is 0.423. The molecule has 1 aliphatic heterocycles. The monoisotopic (exact) mass is 335 g/mol. The molecule has 0 amide bonds. The summed E-state index contributed by atoms with van der Waals surface area (Å²) < 4.78 is 31.5. The fraction of sp³-hybridized carbons (Fsp3) is 0.375. The van der Waals surface area contributed by atoms with Crippen LogP contribution in [0.2, 0.25) is 0 Å². The molecule has 1 aromatic heterocycles. The van der Waals surface area contributed by atoms with E-state index < -0.39 is 11.6 Å². The van der Waals surface area contributed by atoms with Gasteiger partial charge in [-0.1, -0.05) is 0 Å². The molecule has 1 aliphatic rings. The molecule has 1 aromatic carbocycles. The maximum Gasteiger partial charge on any atom is 0.160 e. The van der Waals surface area contributed by atoms with Gasteiger partial charge in [-0.05, 0) is 12.1 Å². The molecule has 128 valence electrons. The zero-order valence-corrected chi connectivity index (χ0v) is 13.1. The van der Waals surface area contributed by atoms with Crippen LogP contribution in [0.25, 0.3) is 0 Å². The van der Waals surface area contributed by atoms with Gasteiger partial charge in [0.05, 0.1) is 13.2 Å². The molecular weight excluding hydrogens is 316 g/mol. The first-order chi connectivity index (χ1) is 11.7. The highest BCUT2D eigenvalue weighted by molar-refractivity contribution is 5.58. The normalized spacial score (nSPS) is 15.2. The zero-order valence-electron chi connectivity index (χ0n) is 13.1.